The molecule has 1 nitrogen and oxygen atoms in total. The molecule has 2 atom stereocenters. The Balaban J connectivity index is 0.00000147. The van der Waals surface area contributed by atoms with Gasteiger partial charge in [0.15, 0.2) is 0 Å². The van der Waals surface area contributed by atoms with Crippen molar-refractivity contribution >= 4 is 28.3 Å². The second kappa shape index (κ2) is 7.26. The van der Waals surface area contributed by atoms with Crippen LogP contribution >= 0.6 is 28.3 Å². The quantitative estimate of drug-likeness (QED) is 0.824. The van der Waals surface area contributed by atoms with Crippen molar-refractivity contribution in [3.05, 3.63) is 70.2 Å². The molecule has 3 heteroatoms. The molecule has 0 spiro atoms. The maximum atomic E-state index is 3.59. The molecule has 3 rings (SSSR count). The van der Waals surface area contributed by atoms with Gasteiger partial charge in [0.25, 0.3) is 0 Å². The average Bonchev–Trinajstić information content (AvgIpc) is 2.48. The van der Waals surface area contributed by atoms with Gasteiger partial charge in [0.1, 0.15) is 0 Å². The SMILES string of the molecule is Brc1cccc(C2CCNCC2c2ccccc2)c1.Cl. The molecule has 0 amide bonds. The number of hydrogen-bond acceptors (Lipinski definition) is 1. The van der Waals surface area contributed by atoms with E-state index in [1.807, 2.05) is 0 Å². The minimum absolute atomic E-state index is 0. The van der Waals surface area contributed by atoms with Crippen molar-refractivity contribution < 1.29 is 0 Å². The highest BCUT2D eigenvalue weighted by atomic mass is 79.9. The lowest BCUT2D eigenvalue weighted by Crippen LogP contribution is -2.34. The Morgan fingerprint density at radius 2 is 1.65 bits per heavy atom. The molecule has 1 fully saturated rings. The predicted molar refractivity (Wildman–Crippen MR) is 90.8 cm³/mol. The third kappa shape index (κ3) is 3.43. The first kappa shape index (κ1) is 15.6. The zero-order chi connectivity index (χ0) is 13.1. The molecule has 1 aliphatic rings. The zero-order valence-corrected chi connectivity index (χ0v) is 13.7. The molecule has 0 aromatic heterocycles. The third-order valence-electron chi connectivity index (χ3n) is 3.99. The zero-order valence-electron chi connectivity index (χ0n) is 11.3. The molecule has 1 saturated heterocycles. The van der Waals surface area contributed by atoms with Crippen molar-refractivity contribution in [1.29, 1.82) is 0 Å². The number of halogens is 2. The summed E-state index contributed by atoms with van der Waals surface area (Å²) < 4.78 is 1.18. The van der Waals surface area contributed by atoms with Gasteiger partial charge in [-0.15, -0.1) is 12.4 Å². The fourth-order valence-corrected chi connectivity index (χ4v) is 3.46. The monoisotopic (exact) mass is 351 g/mol. The van der Waals surface area contributed by atoms with Gasteiger partial charge in [0.05, 0.1) is 0 Å². The van der Waals surface area contributed by atoms with Gasteiger partial charge in [-0.1, -0.05) is 58.4 Å². The van der Waals surface area contributed by atoms with Crippen molar-refractivity contribution in [3.8, 4) is 0 Å². The number of piperidine rings is 1. The maximum absolute atomic E-state index is 3.59. The van der Waals surface area contributed by atoms with E-state index in [-0.39, 0.29) is 12.4 Å². The third-order valence-corrected chi connectivity index (χ3v) is 4.48. The molecule has 0 bridgehead atoms. The lowest BCUT2D eigenvalue weighted by Gasteiger charge is -2.33. The maximum Gasteiger partial charge on any atom is 0.0178 e. The Bertz CT molecular complexity index is 544. The fraction of sp³-hybridized carbons (Fsp3) is 0.294. The highest BCUT2D eigenvalue weighted by Crippen LogP contribution is 2.37. The van der Waals surface area contributed by atoms with Crippen molar-refractivity contribution in [3.63, 3.8) is 0 Å². The Hall–Kier alpha value is -0.830. The molecular formula is C17H19BrClN. The lowest BCUT2D eigenvalue weighted by atomic mass is 9.77. The van der Waals surface area contributed by atoms with Gasteiger partial charge in [0.2, 0.25) is 0 Å². The van der Waals surface area contributed by atoms with E-state index >= 15 is 0 Å². The van der Waals surface area contributed by atoms with E-state index < -0.39 is 0 Å². The first-order valence-electron chi connectivity index (χ1n) is 6.86. The van der Waals surface area contributed by atoms with Crippen LogP contribution in [0.3, 0.4) is 0 Å². The summed E-state index contributed by atoms with van der Waals surface area (Å²) in [4.78, 5) is 0. The number of benzene rings is 2. The van der Waals surface area contributed by atoms with Crippen molar-refractivity contribution in [2.24, 2.45) is 0 Å². The van der Waals surface area contributed by atoms with Gasteiger partial charge in [-0.25, -0.2) is 0 Å². The number of nitrogens with one attached hydrogen (secondary N) is 1. The summed E-state index contributed by atoms with van der Waals surface area (Å²) in [6, 6.07) is 19.7. The summed E-state index contributed by atoms with van der Waals surface area (Å²) in [5.74, 6) is 1.19. The van der Waals surface area contributed by atoms with E-state index in [1.54, 1.807) is 0 Å². The average molecular weight is 353 g/mol. The van der Waals surface area contributed by atoms with Gasteiger partial charge in [-0.05, 0) is 42.1 Å². The smallest absolute Gasteiger partial charge is 0.0178 e. The molecule has 0 aliphatic carbocycles. The molecule has 0 saturated carbocycles. The standard InChI is InChI=1S/C17H18BrN.ClH/c18-15-8-4-7-14(11-15)16-9-10-19-12-17(16)13-5-2-1-3-6-13;/h1-8,11,16-17,19H,9-10,12H2;1H. The molecule has 106 valence electrons. The second-order valence-electron chi connectivity index (χ2n) is 5.17. The van der Waals surface area contributed by atoms with Crippen molar-refractivity contribution in [2.45, 2.75) is 18.3 Å². The minimum atomic E-state index is 0. The highest BCUT2D eigenvalue weighted by Gasteiger charge is 2.27. The van der Waals surface area contributed by atoms with Crippen LogP contribution in [0.15, 0.2) is 59.1 Å². The molecule has 1 aliphatic heterocycles. The van der Waals surface area contributed by atoms with Crippen LogP contribution in [0.1, 0.15) is 29.4 Å². The second-order valence-corrected chi connectivity index (χ2v) is 6.09. The Labute approximate surface area is 135 Å². The normalized spacial score (nSPS) is 22.1. The molecule has 2 aromatic carbocycles. The number of rotatable bonds is 2. The van der Waals surface area contributed by atoms with E-state index in [1.165, 1.54) is 22.0 Å². The van der Waals surface area contributed by atoms with Crippen molar-refractivity contribution in [2.75, 3.05) is 13.1 Å². The predicted octanol–water partition coefficient (Wildman–Crippen LogP) is 4.73. The lowest BCUT2D eigenvalue weighted by molar-refractivity contribution is 0.404. The molecular weight excluding hydrogens is 334 g/mol. The van der Waals surface area contributed by atoms with E-state index in [0.717, 1.165) is 13.1 Å². The summed E-state index contributed by atoms with van der Waals surface area (Å²) in [5.41, 5.74) is 2.89. The molecule has 0 radical (unpaired) electrons. The van der Waals surface area contributed by atoms with Gasteiger partial charge < -0.3 is 5.32 Å². The van der Waals surface area contributed by atoms with Crippen LogP contribution in [-0.4, -0.2) is 13.1 Å². The van der Waals surface area contributed by atoms with E-state index in [4.69, 9.17) is 0 Å². The van der Waals surface area contributed by atoms with Crippen LogP contribution in [0.5, 0.6) is 0 Å². The van der Waals surface area contributed by atoms with E-state index in [0.29, 0.717) is 11.8 Å². The summed E-state index contributed by atoms with van der Waals surface area (Å²) in [5, 5.41) is 3.54. The minimum Gasteiger partial charge on any atom is -0.316 e. The molecule has 20 heavy (non-hydrogen) atoms. The summed E-state index contributed by atoms with van der Waals surface area (Å²) in [6.07, 6.45) is 1.20. The summed E-state index contributed by atoms with van der Waals surface area (Å²) in [7, 11) is 0. The van der Waals surface area contributed by atoms with Crippen LogP contribution in [-0.2, 0) is 0 Å². The Morgan fingerprint density at radius 1 is 0.900 bits per heavy atom. The Kier molecular flexibility index (Phi) is 5.64. The van der Waals surface area contributed by atoms with Gasteiger partial charge >= 0.3 is 0 Å². The molecule has 2 unspecified atom stereocenters. The first-order valence-corrected chi connectivity index (χ1v) is 7.65. The van der Waals surface area contributed by atoms with Crippen molar-refractivity contribution in [1.82, 2.24) is 5.32 Å². The van der Waals surface area contributed by atoms with E-state index in [2.05, 4.69) is 75.8 Å². The first-order chi connectivity index (χ1) is 9.34. The van der Waals surface area contributed by atoms with Crippen LogP contribution in [0.2, 0.25) is 0 Å². The summed E-state index contributed by atoms with van der Waals surface area (Å²) >= 11 is 3.59. The van der Waals surface area contributed by atoms with Crippen LogP contribution in [0.25, 0.3) is 0 Å². The van der Waals surface area contributed by atoms with Gasteiger partial charge in [-0.2, -0.15) is 0 Å². The van der Waals surface area contributed by atoms with E-state index in [9.17, 15) is 0 Å². The van der Waals surface area contributed by atoms with Crippen LogP contribution in [0, 0.1) is 0 Å². The van der Waals surface area contributed by atoms with Gasteiger partial charge in [0, 0.05) is 16.9 Å². The molecule has 2 aromatic rings. The number of hydrogen-bond donors (Lipinski definition) is 1. The Morgan fingerprint density at radius 3 is 2.40 bits per heavy atom. The van der Waals surface area contributed by atoms with Gasteiger partial charge in [-0.3, -0.25) is 0 Å². The highest BCUT2D eigenvalue weighted by molar-refractivity contribution is 9.10. The van der Waals surface area contributed by atoms with Crippen LogP contribution in [0.4, 0.5) is 0 Å². The largest absolute Gasteiger partial charge is 0.316 e. The molecule has 1 N–H and O–H groups in total. The summed E-state index contributed by atoms with van der Waals surface area (Å²) in [6.45, 7) is 2.18. The molecule has 1 heterocycles. The topological polar surface area (TPSA) is 12.0 Å². The fourth-order valence-electron chi connectivity index (χ4n) is 3.05. The van der Waals surface area contributed by atoms with Crippen LogP contribution < -0.4 is 5.32 Å².